The molecule has 0 saturated carbocycles. The summed E-state index contributed by atoms with van der Waals surface area (Å²) in [6, 6.07) is 7.18. The van der Waals surface area contributed by atoms with Gasteiger partial charge in [-0.25, -0.2) is 9.59 Å². The number of methoxy groups -OCH3 is 1. The van der Waals surface area contributed by atoms with Crippen molar-refractivity contribution in [3.8, 4) is 5.75 Å². The van der Waals surface area contributed by atoms with Crippen LogP contribution in [0.4, 0.5) is 5.00 Å². The van der Waals surface area contributed by atoms with Gasteiger partial charge in [0.05, 0.1) is 25.9 Å². The van der Waals surface area contributed by atoms with E-state index in [4.69, 9.17) is 14.2 Å². The molecule has 0 aliphatic heterocycles. The van der Waals surface area contributed by atoms with Crippen LogP contribution in [-0.4, -0.2) is 38.2 Å². The molecule has 0 aliphatic rings. The van der Waals surface area contributed by atoms with E-state index in [1.807, 2.05) is 0 Å². The van der Waals surface area contributed by atoms with Gasteiger partial charge in [0.25, 0.3) is 0 Å². The first-order chi connectivity index (χ1) is 13.9. The fourth-order valence-corrected chi connectivity index (χ4v) is 3.57. The van der Waals surface area contributed by atoms with Crippen molar-refractivity contribution in [1.29, 1.82) is 0 Å². The van der Waals surface area contributed by atoms with Crippen molar-refractivity contribution in [3.63, 3.8) is 0 Å². The van der Waals surface area contributed by atoms with E-state index in [2.05, 4.69) is 5.32 Å². The number of nitrogens with one attached hydrogen (secondary N) is 1. The smallest absolute Gasteiger partial charge is 0.348 e. The second-order valence-electron chi connectivity index (χ2n) is 5.80. The Labute approximate surface area is 173 Å². The Morgan fingerprint density at radius 1 is 1.03 bits per heavy atom. The summed E-state index contributed by atoms with van der Waals surface area (Å²) < 4.78 is 15.2. The van der Waals surface area contributed by atoms with Crippen molar-refractivity contribution in [3.05, 3.63) is 51.9 Å². The molecular weight excluding hydrogens is 394 g/mol. The summed E-state index contributed by atoms with van der Waals surface area (Å²) in [5.41, 5.74) is 1.38. The van der Waals surface area contributed by atoms with Crippen LogP contribution in [-0.2, 0) is 14.3 Å². The van der Waals surface area contributed by atoms with Crippen LogP contribution in [0.2, 0.25) is 0 Å². The van der Waals surface area contributed by atoms with E-state index in [0.29, 0.717) is 11.3 Å². The second-order valence-corrected chi connectivity index (χ2v) is 6.82. The van der Waals surface area contributed by atoms with Crippen LogP contribution in [0.15, 0.2) is 30.3 Å². The Hall–Kier alpha value is -3.13. The summed E-state index contributed by atoms with van der Waals surface area (Å²) in [4.78, 5) is 37.1. The molecule has 1 amide bonds. The highest BCUT2D eigenvalue weighted by Crippen LogP contribution is 2.34. The summed E-state index contributed by atoms with van der Waals surface area (Å²) in [5, 5.41) is 2.90. The number of esters is 2. The van der Waals surface area contributed by atoms with Crippen LogP contribution >= 0.6 is 11.3 Å². The Morgan fingerprint density at radius 3 is 2.24 bits per heavy atom. The van der Waals surface area contributed by atoms with Gasteiger partial charge >= 0.3 is 11.9 Å². The number of hydrogen-bond acceptors (Lipinski definition) is 7. The zero-order valence-corrected chi connectivity index (χ0v) is 17.6. The number of carbonyl (C=O) groups excluding carboxylic acids is 3. The van der Waals surface area contributed by atoms with Crippen molar-refractivity contribution >= 4 is 40.3 Å². The predicted octanol–water partition coefficient (Wildman–Crippen LogP) is 4.07. The third-order valence-electron chi connectivity index (χ3n) is 3.87. The maximum atomic E-state index is 12.4. The second kappa shape index (κ2) is 10.4. The van der Waals surface area contributed by atoms with Crippen LogP contribution < -0.4 is 10.1 Å². The summed E-state index contributed by atoms with van der Waals surface area (Å²) in [6.45, 7) is 5.38. The van der Waals surface area contributed by atoms with E-state index >= 15 is 0 Å². The number of benzene rings is 1. The lowest BCUT2D eigenvalue weighted by molar-refractivity contribution is -0.111. The molecule has 0 bridgehead atoms. The number of hydrogen-bond donors (Lipinski definition) is 1. The van der Waals surface area contributed by atoms with Crippen molar-refractivity contribution < 1.29 is 28.6 Å². The van der Waals surface area contributed by atoms with Gasteiger partial charge in [0, 0.05) is 6.08 Å². The number of ether oxygens (including phenoxy) is 3. The monoisotopic (exact) mass is 417 g/mol. The number of rotatable bonds is 8. The van der Waals surface area contributed by atoms with Crippen LogP contribution in [0, 0.1) is 6.92 Å². The normalized spacial score (nSPS) is 10.6. The topological polar surface area (TPSA) is 90.9 Å². The zero-order valence-electron chi connectivity index (χ0n) is 16.7. The van der Waals surface area contributed by atoms with Crippen molar-refractivity contribution in [2.75, 3.05) is 25.6 Å². The highest BCUT2D eigenvalue weighted by atomic mass is 32.1. The molecule has 8 heteroatoms. The molecule has 0 unspecified atom stereocenters. The van der Waals surface area contributed by atoms with Gasteiger partial charge in [0.15, 0.2) is 0 Å². The van der Waals surface area contributed by atoms with Gasteiger partial charge in [0.1, 0.15) is 15.6 Å². The van der Waals surface area contributed by atoms with Crippen molar-refractivity contribution in [2.45, 2.75) is 20.8 Å². The fourth-order valence-electron chi connectivity index (χ4n) is 2.48. The maximum absolute atomic E-state index is 12.4. The lowest BCUT2D eigenvalue weighted by Crippen LogP contribution is -2.13. The van der Waals surface area contributed by atoms with Gasteiger partial charge in [0.2, 0.25) is 5.91 Å². The van der Waals surface area contributed by atoms with Gasteiger partial charge in [-0.15, -0.1) is 11.3 Å². The van der Waals surface area contributed by atoms with E-state index in [9.17, 15) is 14.4 Å². The van der Waals surface area contributed by atoms with Crippen LogP contribution in [0.1, 0.15) is 45.0 Å². The van der Waals surface area contributed by atoms with E-state index in [1.54, 1.807) is 58.2 Å². The average molecular weight is 417 g/mol. The lowest BCUT2D eigenvalue weighted by Gasteiger charge is -2.05. The Morgan fingerprint density at radius 2 is 1.66 bits per heavy atom. The number of carbonyl (C=O) groups is 3. The molecule has 2 rings (SSSR count). The molecule has 0 aliphatic carbocycles. The lowest BCUT2D eigenvalue weighted by atomic mass is 10.1. The molecule has 0 saturated heterocycles. The van der Waals surface area contributed by atoms with E-state index in [1.165, 1.54) is 6.08 Å². The molecule has 0 radical (unpaired) electrons. The van der Waals surface area contributed by atoms with Crippen LogP contribution in [0.5, 0.6) is 5.75 Å². The summed E-state index contributed by atoms with van der Waals surface area (Å²) in [6.07, 6.45) is 2.97. The summed E-state index contributed by atoms with van der Waals surface area (Å²) in [7, 11) is 1.58. The van der Waals surface area contributed by atoms with Gasteiger partial charge in [-0.05, 0) is 50.1 Å². The molecule has 0 spiro atoms. The van der Waals surface area contributed by atoms with E-state index in [0.717, 1.165) is 16.9 Å². The molecular formula is C21H23NO6S. The first-order valence-corrected chi connectivity index (χ1v) is 9.83. The average Bonchev–Trinajstić information content (AvgIpc) is 3.03. The molecule has 1 aromatic carbocycles. The largest absolute Gasteiger partial charge is 0.497 e. The molecule has 1 N–H and O–H groups in total. The molecule has 29 heavy (non-hydrogen) atoms. The molecule has 0 atom stereocenters. The minimum atomic E-state index is -0.605. The summed E-state index contributed by atoms with van der Waals surface area (Å²) in [5.74, 6) is -0.879. The third kappa shape index (κ3) is 5.68. The predicted molar refractivity (Wildman–Crippen MR) is 112 cm³/mol. The molecule has 154 valence electrons. The highest BCUT2D eigenvalue weighted by Gasteiger charge is 2.26. The summed E-state index contributed by atoms with van der Waals surface area (Å²) >= 11 is 0.986. The SMILES string of the molecule is CCOC(=O)c1sc(NC(=O)/C=C\c2ccc(OC)cc2)c(C(=O)OCC)c1C. The van der Waals surface area contributed by atoms with Crippen molar-refractivity contribution in [1.82, 2.24) is 0 Å². The minimum Gasteiger partial charge on any atom is -0.497 e. The van der Waals surface area contributed by atoms with Crippen LogP contribution in [0.3, 0.4) is 0 Å². The van der Waals surface area contributed by atoms with E-state index < -0.39 is 17.8 Å². The van der Waals surface area contributed by atoms with E-state index in [-0.39, 0.29) is 28.7 Å². The molecule has 1 heterocycles. The Balaban J connectivity index is 2.25. The standard InChI is InChI=1S/C21H23NO6S/c1-5-27-20(24)17-13(3)18(21(25)28-6-2)29-19(17)22-16(23)12-9-14-7-10-15(26-4)11-8-14/h7-12H,5-6H2,1-4H3,(H,22,23)/b12-9-. The number of thiophene rings is 1. The zero-order chi connectivity index (χ0) is 21.4. The highest BCUT2D eigenvalue weighted by molar-refractivity contribution is 7.18. The fraction of sp³-hybridized carbons (Fsp3) is 0.286. The Bertz CT molecular complexity index is 914. The molecule has 0 fully saturated rings. The number of amides is 1. The quantitative estimate of drug-likeness (QED) is 0.514. The Kier molecular flexibility index (Phi) is 7.97. The van der Waals surface area contributed by atoms with Crippen LogP contribution in [0.25, 0.3) is 6.08 Å². The van der Waals surface area contributed by atoms with Gasteiger partial charge in [-0.3, -0.25) is 4.79 Å². The van der Waals surface area contributed by atoms with Gasteiger partial charge in [-0.1, -0.05) is 12.1 Å². The maximum Gasteiger partial charge on any atom is 0.348 e. The minimum absolute atomic E-state index is 0.158. The van der Waals surface area contributed by atoms with Gasteiger partial charge in [-0.2, -0.15) is 0 Å². The first-order valence-electron chi connectivity index (χ1n) is 9.01. The van der Waals surface area contributed by atoms with Crippen molar-refractivity contribution in [2.24, 2.45) is 0 Å². The molecule has 7 nitrogen and oxygen atoms in total. The number of anilines is 1. The van der Waals surface area contributed by atoms with Gasteiger partial charge < -0.3 is 19.5 Å². The third-order valence-corrected chi connectivity index (χ3v) is 5.05. The first kappa shape index (κ1) is 22.2. The molecule has 1 aromatic heterocycles. The molecule has 2 aromatic rings.